The van der Waals surface area contributed by atoms with E-state index < -0.39 is 0 Å². The zero-order valence-corrected chi connectivity index (χ0v) is 21.8. The van der Waals surface area contributed by atoms with E-state index in [9.17, 15) is 4.79 Å². The van der Waals surface area contributed by atoms with Crippen molar-refractivity contribution in [2.75, 3.05) is 12.4 Å². The highest BCUT2D eigenvalue weighted by molar-refractivity contribution is 7.13. The fourth-order valence-corrected chi connectivity index (χ4v) is 4.68. The highest BCUT2D eigenvalue weighted by atomic mass is 32.1. The lowest BCUT2D eigenvalue weighted by molar-refractivity contribution is 0.0958. The van der Waals surface area contributed by atoms with E-state index in [4.69, 9.17) is 14.5 Å². The predicted molar refractivity (Wildman–Crippen MR) is 149 cm³/mol. The van der Waals surface area contributed by atoms with E-state index in [0.29, 0.717) is 17.4 Å². The summed E-state index contributed by atoms with van der Waals surface area (Å²) in [5.41, 5.74) is 3.97. The van der Waals surface area contributed by atoms with E-state index in [0.717, 1.165) is 32.9 Å². The molecule has 0 bridgehead atoms. The van der Waals surface area contributed by atoms with Crippen LogP contribution in [0.3, 0.4) is 0 Å². The van der Waals surface area contributed by atoms with Gasteiger partial charge >= 0.3 is 0 Å². The van der Waals surface area contributed by atoms with E-state index >= 15 is 0 Å². The number of anilines is 2. The van der Waals surface area contributed by atoms with Crippen LogP contribution in [-0.2, 0) is 7.05 Å². The SMILES string of the molecule is CNC(=O)c1cc(Oc2ccc3c(c2)nc(Nc2ccc(OC(C)C)c(-c4cccs4)c2)n3C)ccn1.[HH]. The average Bonchev–Trinajstić information content (AvgIpc) is 3.53. The molecule has 0 aliphatic carbocycles. The number of fused-ring (bicyclic) bond motifs is 1. The van der Waals surface area contributed by atoms with E-state index in [1.54, 1.807) is 36.7 Å². The van der Waals surface area contributed by atoms with Gasteiger partial charge < -0.3 is 24.7 Å². The van der Waals surface area contributed by atoms with Gasteiger partial charge in [-0.1, -0.05) is 6.07 Å². The summed E-state index contributed by atoms with van der Waals surface area (Å²) in [4.78, 5) is 21.9. The van der Waals surface area contributed by atoms with Crippen LogP contribution in [0.5, 0.6) is 17.2 Å². The first-order chi connectivity index (χ1) is 17.9. The minimum atomic E-state index is -0.271. The first-order valence-electron chi connectivity index (χ1n) is 11.9. The van der Waals surface area contributed by atoms with Crippen LogP contribution in [-0.4, -0.2) is 33.6 Å². The molecular weight excluding hydrogens is 486 g/mol. The zero-order valence-electron chi connectivity index (χ0n) is 21.0. The van der Waals surface area contributed by atoms with Crippen LogP contribution < -0.4 is 20.1 Å². The van der Waals surface area contributed by atoms with Crippen molar-refractivity contribution in [1.82, 2.24) is 19.9 Å². The lowest BCUT2D eigenvalue weighted by Gasteiger charge is -2.15. The minimum absolute atomic E-state index is 0. The molecule has 5 rings (SSSR count). The van der Waals surface area contributed by atoms with Gasteiger partial charge in [-0.05, 0) is 61.7 Å². The second-order valence-electron chi connectivity index (χ2n) is 8.68. The summed E-state index contributed by atoms with van der Waals surface area (Å²) in [6, 6.07) is 19.2. The smallest absolute Gasteiger partial charge is 0.269 e. The number of amides is 1. The third-order valence-corrected chi connectivity index (χ3v) is 6.57. The monoisotopic (exact) mass is 515 g/mol. The molecule has 0 saturated heterocycles. The Balaban J connectivity index is 0.00000336. The third kappa shape index (κ3) is 5.26. The van der Waals surface area contributed by atoms with Gasteiger partial charge in [-0.25, -0.2) is 4.98 Å². The molecular formula is C28H29N5O3S. The van der Waals surface area contributed by atoms with Crippen LogP contribution in [0.2, 0.25) is 0 Å². The van der Waals surface area contributed by atoms with Crippen molar-refractivity contribution in [2.24, 2.45) is 7.05 Å². The molecule has 190 valence electrons. The highest BCUT2D eigenvalue weighted by Crippen LogP contribution is 2.37. The third-order valence-electron chi connectivity index (χ3n) is 5.66. The summed E-state index contributed by atoms with van der Waals surface area (Å²) >= 11 is 1.68. The van der Waals surface area contributed by atoms with Gasteiger partial charge in [-0.3, -0.25) is 9.78 Å². The van der Waals surface area contributed by atoms with Crippen LogP contribution in [0.25, 0.3) is 21.5 Å². The number of rotatable bonds is 8. The van der Waals surface area contributed by atoms with Crippen LogP contribution in [0.4, 0.5) is 11.6 Å². The number of aryl methyl sites for hydroxylation is 1. The number of nitrogens with one attached hydrogen (secondary N) is 2. The Morgan fingerprint density at radius 3 is 2.68 bits per heavy atom. The maximum Gasteiger partial charge on any atom is 0.269 e. The van der Waals surface area contributed by atoms with E-state index in [1.807, 2.05) is 61.9 Å². The molecule has 2 N–H and O–H groups in total. The Hall–Kier alpha value is -4.37. The minimum Gasteiger partial charge on any atom is -0.490 e. The summed E-state index contributed by atoms with van der Waals surface area (Å²) in [6.07, 6.45) is 1.62. The molecule has 9 heteroatoms. The number of aromatic nitrogens is 3. The van der Waals surface area contributed by atoms with Gasteiger partial charge in [-0.15, -0.1) is 11.3 Å². The number of imidazole rings is 1. The molecule has 37 heavy (non-hydrogen) atoms. The quantitative estimate of drug-likeness (QED) is 0.241. The Morgan fingerprint density at radius 2 is 1.92 bits per heavy atom. The first kappa shape index (κ1) is 24.3. The van der Waals surface area contributed by atoms with Gasteiger partial charge in [0.2, 0.25) is 5.95 Å². The molecule has 0 radical (unpaired) electrons. The summed E-state index contributed by atoms with van der Waals surface area (Å²) < 4.78 is 14.0. The van der Waals surface area contributed by atoms with Gasteiger partial charge in [0, 0.05) is 50.0 Å². The lowest BCUT2D eigenvalue weighted by Crippen LogP contribution is -2.18. The summed E-state index contributed by atoms with van der Waals surface area (Å²) in [5, 5.41) is 8.07. The highest BCUT2D eigenvalue weighted by Gasteiger charge is 2.14. The molecule has 0 spiro atoms. The van der Waals surface area contributed by atoms with Crippen molar-refractivity contribution >= 4 is 39.9 Å². The van der Waals surface area contributed by atoms with Gasteiger partial charge in [-0.2, -0.15) is 0 Å². The summed E-state index contributed by atoms with van der Waals surface area (Å²) in [5.74, 6) is 2.42. The second-order valence-corrected chi connectivity index (χ2v) is 9.63. The van der Waals surface area contributed by atoms with Gasteiger partial charge in [0.25, 0.3) is 5.91 Å². The topological polar surface area (TPSA) is 90.3 Å². The number of pyridine rings is 1. The van der Waals surface area contributed by atoms with E-state index in [1.165, 1.54) is 0 Å². The van der Waals surface area contributed by atoms with Crippen LogP contribution >= 0.6 is 11.3 Å². The molecule has 5 aromatic rings. The van der Waals surface area contributed by atoms with Crippen molar-refractivity contribution in [3.8, 4) is 27.7 Å². The van der Waals surface area contributed by atoms with E-state index in [-0.39, 0.29) is 19.1 Å². The number of thiophene rings is 1. The lowest BCUT2D eigenvalue weighted by atomic mass is 10.1. The molecule has 2 aromatic carbocycles. The average molecular weight is 516 g/mol. The van der Waals surface area contributed by atoms with Crippen molar-refractivity contribution < 1.29 is 15.7 Å². The Labute approximate surface area is 220 Å². The van der Waals surface area contributed by atoms with Gasteiger partial charge in [0.05, 0.1) is 17.1 Å². The fraction of sp³-hybridized carbons (Fsp3) is 0.179. The van der Waals surface area contributed by atoms with Gasteiger partial charge in [0.15, 0.2) is 0 Å². The van der Waals surface area contributed by atoms with Crippen molar-refractivity contribution in [3.05, 3.63) is 77.9 Å². The number of hydrogen-bond donors (Lipinski definition) is 2. The van der Waals surface area contributed by atoms with Crippen LogP contribution in [0, 0.1) is 0 Å². The number of hydrogen-bond acceptors (Lipinski definition) is 7. The fourth-order valence-electron chi connectivity index (χ4n) is 3.94. The van der Waals surface area contributed by atoms with Crippen molar-refractivity contribution in [3.63, 3.8) is 0 Å². The molecule has 3 heterocycles. The number of nitrogens with zero attached hydrogens (tertiary/aromatic N) is 3. The molecule has 8 nitrogen and oxygen atoms in total. The molecule has 0 fully saturated rings. The molecule has 0 aliphatic heterocycles. The number of benzene rings is 2. The molecule has 0 saturated carbocycles. The number of carbonyl (C=O) groups excluding carboxylic acids is 1. The van der Waals surface area contributed by atoms with Crippen molar-refractivity contribution in [2.45, 2.75) is 20.0 Å². The molecule has 3 aromatic heterocycles. The summed E-state index contributed by atoms with van der Waals surface area (Å²) in [7, 11) is 3.53. The standard InChI is InChI=1S/C28H27N5O3S.H2/c1-17(2)35-25-10-7-18(14-21(25)26-6-5-13-37-26)31-28-32-22-15-19(8-9-24(22)33(28)4)36-20-11-12-30-23(16-20)27(34)29-3;/h5-17H,1-4H3,(H,29,34)(H,31,32);1H. The molecule has 1 amide bonds. The number of carbonyl (C=O) groups is 1. The maximum absolute atomic E-state index is 11.9. The largest absolute Gasteiger partial charge is 0.490 e. The Bertz CT molecular complexity index is 1570. The van der Waals surface area contributed by atoms with Crippen LogP contribution in [0.1, 0.15) is 25.8 Å². The summed E-state index contributed by atoms with van der Waals surface area (Å²) in [6.45, 7) is 4.05. The van der Waals surface area contributed by atoms with Crippen molar-refractivity contribution in [1.29, 1.82) is 0 Å². The molecule has 0 atom stereocenters. The second kappa shape index (κ2) is 10.3. The van der Waals surface area contributed by atoms with E-state index in [2.05, 4.69) is 33.1 Å². The molecule has 0 aliphatic rings. The van der Waals surface area contributed by atoms with Gasteiger partial charge in [0.1, 0.15) is 22.9 Å². The first-order valence-corrected chi connectivity index (χ1v) is 12.7. The normalized spacial score (nSPS) is 11.1. The van der Waals surface area contributed by atoms with Crippen LogP contribution in [0.15, 0.2) is 72.2 Å². The number of ether oxygens (including phenoxy) is 2. The zero-order chi connectivity index (χ0) is 25.9. The Kier molecular flexibility index (Phi) is 6.78. The predicted octanol–water partition coefficient (Wildman–Crippen LogP) is 6.63. The molecule has 0 unspecified atom stereocenters. The maximum atomic E-state index is 11.9. The Morgan fingerprint density at radius 1 is 1.08 bits per heavy atom.